The Bertz CT molecular complexity index is 625. The van der Waals surface area contributed by atoms with Crippen LogP contribution in [0, 0.1) is 0 Å². The van der Waals surface area contributed by atoms with Gasteiger partial charge in [0, 0.05) is 19.6 Å². The van der Waals surface area contributed by atoms with Crippen LogP contribution in [-0.2, 0) is 0 Å². The Balaban J connectivity index is 1.77. The molecule has 3 rings (SSSR count). The maximum Gasteiger partial charge on any atom is 0.264 e. The second-order valence-corrected chi connectivity index (χ2v) is 6.45. The van der Waals surface area contributed by atoms with E-state index in [9.17, 15) is 4.79 Å². The highest BCUT2D eigenvalue weighted by Crippen LogP contribution is 2.27. The molecule has 1 amide bonds. The van der Waals surface area contributed by atoms with Gasteiger partial charge < -0.3 is 9.64 Å². The van der Waals surface area contributed by atoms with Crippen LogP contribution in [0.1, 0.15) is 21.3 Å². The van der Waals surface area contributed by atoms with Gasteiger partial charge in [-0.05, 0) is 36.2 Å². The fourth-order valence-electron chi connectivity index (χ4n) is 2.80. The summed E-state index contributed by atoms with van der Waals surface area (Å²) in [6.07, 6.45) is 0. The van der Waals surface area contributed by atoms with Crippen molar-refractivity contribution in [2.45, 2.75) is 6.04 Å². The van der Waals surface area contributed by atoms with E-state index in [1.54, 1.807) is 7.11 Å². The van der Waals surface area contributed by atoms with Gasteiger partial charge in [-0.3, -0.25) is 9.69 Å². The number of likely N-dealkylation sites (N-methyl/N-ethyl adjacent to an activating group) is 1. The lowest BCUT2D eigenvalue weighted by Gasteiger charge is -2.39. The number of nitrogens with zero attached hydrogens (tertiary/aromatic N) is 2. The van der Waals surface area contributed by atoms with Crippen LogP contribution < -0.4 is 4.74 Å². The lowest BCUT2D eigenvalue weighted by Crippen LogP contribution is -2.48. The fraction of sp³-hybridized carbons (Fsp3) is 0.353. The van der Waals surface area contributed by atoms with Crippen LogP contribution in [-0.4, -0.2) is 49.5 Å². The largest absolute Gasteiger partial charge is 0.497 e. The highest BCUT2D eigenvalue weighted by molar-refractivity contribution is 7.12. The van der Waals surface area contributed by atoms with Gasteiger partial charge in [-0.1, -0.05) is 18.2 Å². The molecule has 2 aromatic rings. The summed E-state index contributed by atoms with van der Waals surface area (Å²) in [5.41, 5.74) is 1.21. The van der Waals surface area contributed by atoms with Crippen LogP contribution in [0.5, 0.6) is 5.75 Å². The minimum atomic E-state index is 0.140. The van der Waals surface area contributed by atoms with Crippen LogP contribution in [0.15, 0.2) is 41.8 Å². The van der Waals surface area contributed by atoms with Crippen molar-refractivity contribution < 1.29 is 9.53 Å². The summed E-state index contributed by atoms with van der Waals surface area (Å²) in [7, 11) is 3.78. The Kier molecular flexibility index (Phi) is 4.45. The van der Waals surface area contributed by atoms with E-state index >= 15 is 0 Å². The molecule has 116 valence electrons. The monoisotopic (exact) mass is 316 g/mol. The van der Waals surface area contributed by atoms with Crippen LogP contribution in [0.3, 0.4) is 0 Å². The molecule has 1 fully saturated rings. The van der Waals surface area contributed by atoms with E-state index in [-0.39, 0.29) is 11.9 Å². The third-order valence-electron chi connectivity index (χ3n) is 4.17. The Hall–Kier alpha value is -1.85. The van der Waals surface area contributed by atoms with Gasteiger partial charge >= 0.3 is 0 Å². The Morgan fingerprint density at radius 1 is 1.23 bits per heavy atom. The first kappa shape index (κ1) is 15.1. The van der Waals surface area contributed by atoms with Crippen LogP contribution in [0.2, 0.25) is 0 Å². The van der Waals surface area contributed by atoms with Gasteiger partial charge in [0.15, 0.2) is 0 Å². The number of carbonyl (C=O) groups is 1. The fourth-order valence-corrected chi connectivity index (χ4v) is 3.49. The van der Waals surface area contributed by atoms with Crippen molar-refractivity contribution in [3.8, 4) is 5.75 Å². The number of ether oxygens (including phenoxy) is 1. The quantitative estimate of drug-likeness (QED) is 0.873. The second-order valence-electron chi connectivity index (χ2n) is 5.50. The summed E-state index contributed by atoms with van der Waals surface area (Å²) < 4.78 is 5.21. The summed E-state index contributed by atoms with van der Waals surface area (Å²) >= 11 is 1.51. The molecule has 0 bridgehead atoms. The lowest BCUT2D eigenvalue weighted by atomic mass is 10.0. The molecule has 1 aliphatic heterocycles. The highest BCUT2D eigenvalue weighted by atomic mass is 32.1. The van der Waals surface area contributed by atoms with Crippen LogP contribution >= 0.6 is 11.3 Å². The molecule has 1 aliphatic rings. The third-order valence-corrected chi connectivity index (χ3v) is 5.03. The average Bonchev–Trinajstić information content (AvgIpc) is 3.09. The number of hydrogen-bond acceptors (Lipinski definition) is 4. The van der Waals surface area contributed by atoms with Gasteiger partial charge in [-0.15, -0.1) is 11.3 Å². The molecule has 0 radical (unpaired) electrons. The van der Waals surface area contributed by atoms with Gasteiger partial charge in [-0.2, -0.15) is 0 Å². The standard InChI is InChI=1S/C17H20N2O2S/c1-18-9-10-19(17(20)16-4-3-11-22-16)12-15(18)13-5-7-14(21-2)8-6-13/h3-8,11,15H,9-10,12H2,1-2H3/t15-/m0/s1. The maximum absolute atomic E-state index is 12.5. The molecule has 1 aromatic heterocycles. The number of benzene rings is 1. The number of methoxy groups -OCH3 is 1. The zero-order valence-electron chi connectivity index (χ0n) is 12.9. The zero-order chi connectivity index (χ0) is 15.5. The molecule has 1 aromatic carbocycles. The van der Waals surface area contributed by atoms with E-state index < -0.39 is 0 Å². The number of rotatable bonds is 3. The van der Waals surface area contributed by atoms with Crippen molar-refractivity contribution in [1.82, 2.24) is 9.80 Å². The number of amides is 1. The molecule has 0 spiro atoms. The normalized spacial score (nSPS) is 19.2. The van der Waals surface area contributed by atoms with E-state index in [2.05, 4.69) is 24.1 Å². The molecule has 5 heteroatoms. The van der Waals surface area contributed by atoms with E-state index in [1.807, 2.05) is 34.5 Å². The first-order valence-electron chi connectivity index (χ1n) is 7.36. The average molecular weight is 316 g/mol. The second kappa shape index (κ2) is 6.50. The van der Waals surface area contributed by atoms with Crippen molar-refractivity contribution in [1.29, 1.82) is 0 Å². The molecule has 1 atom stereocenters. The first-order valence-corrected chi connectivity index (χ1v) is 8.24. The molecule has 0 saturated carbocycles. The Morgan fingerprint density at radius 2 is 2.00 bits per heavy atom. The van der Waals surface area contributed by atoms with Crippen molar-refractivity contribution >= 4 is 17.2 Å². The topological polar surface area (TPSA) is 32.8 Å². The zero-order valence-corrected chi connectivity index (χ0v) is 13.7. The lowest BCUT2D eigenvalue weighted by molar-refractivity contribution is 0.0550. The van der Waals surface area contributed by atoms with Gasteiger partial charge in [-0.25, -0.2) is 0 Å². The summed E-state index contributed by atoms with van der Waals surface area (Å²) in [4.78, 5) is 17.6. The summed E-state index contributed by atoms with van der Waals surface area (Å²) in [5.74, 6) is 0.996. The van der Waals surface area contributed by atoms with Crippen molar-refractivity contribution in [2.75, 3.05) is 33.8 Å². The molecule has 0 unspecified atom stereocenters. The molecule has 4 nitrogen and oxygen atoms in total. The van der Waals surface area contributed by atoms with Crippen LogP contribution in [0.25, 0.3) is 0 Å². The number of thiophene rings is 1. The Morgan fingerprint density at radius 3 is 2.64 bits per heavy atom. The SMILES string of the molecule is COc1ccc([C@@H]2CN(C(=O)c3cccs3)CCN2C)cc1. The Labute approximate surface area is 134 Å². The molecule has 0 aliphatic carbocycles. The number of hydrogen-bond donors (Lipinski definition) is 0. The van der Waals surface area contributed by atoms with Crippen molar-refractivity contribution in [2.24, 2.45) is 0 Å². The smallest absolute Gasteiger partial charge is 0.264 e. The minimum Gasteiger partial charge on any atom is -0.497 e. The number of piperazine rings is 1. The molecule has 0 N–H and O–H groups in total. The molecular weight excluding hydrogens is 296 g/mol. The predicted octanol–water partition coefficient (Wildman–Crippen LogP) is 2.89. The molecule has 1 saturated heterocycles. The first-order chi connectivity index (χ1) is 10.7. The van der Waals surface area contributed by atoms with Gasteiger partial charge in [0.1, 0.15) is 5.75 Å². The van der Waals surface area contributed by atoms with E-state index in [0.717, 1.165) is 30.3 Å². The summed E-state index contributed by atoms with van der Waals surface area (Å²) in [6.45, 7) is 2.38. The van der Waals surface area contributed by atoms with E-state index in [0.29, 0.717) is 0 Å². The van der Waals surface area contributed by atoms with Crippen molar-refractivity contribution in [3.63, 3.8) is 0 Å². The number of carbonyl (C=O) groups excluding carboxylic acids is 1. The summed E-state index contributed by atoms with van der Waals surface area (Å²) in [5, 5.41) is 1.95. The van der Waals surface area contributed by atoms with Gasteiger partial charge in [0.25, 0.3) is 5.91 Å². The maximum atomic E-state index is 12.5. The highest BCUT2D eigenvalue weighted by Gasteiger charge is 2.29. The molecule has 2 heterocycles. The predicted molar refractivity (Wildman–Crippen MR) is 88.6 cm³/mol. The van der Waals surface area contributed by atoms with E-state index in [1.165, 1.54) is 16.9 Å². The van der Waals surface area contributed by atoms with Gasteiger partial charge in [0.05, 0.1) is 18.0 Å². The molecule has 22 heavy (non-hydrogen) atoms. The molecular formula is C17H20N2O2S. The van der Waals surface area contributed by atoms with Crippen molar-refractivity contribution in [3.05, 3.63) is 52.2 Å². The van der Waals surface area contributed by atoms with E-state index in [4.69, 9.17) is 4.74 Å². The third kappa shape index (κ3) is 3.00. The summed E-state index contributed by atoms with van der Waals surface area (Å²) in [6, 6.07) is 12.2. The van der Waals surface area contributed by atoms with Crippen LogP contribution in [0.4, 0.5) is 0 Å². The minimum absolute atomic E-state index is 0.140. The van der Waals surface area contributed by atoms with Gasteiger partial charge in [0.2, 0.25) is 0 Å².